The second kappa shape index (κ2) is 7.23. The van der Waals surface area contributed by atoms with Crippen LogP contribution in [0.25, 0.3) is 11.1 Å². The van der Waals surface area contributed by atoms with E-state index in [4.69, 9.17) is 0 Å². The van der Waals surface area contributed by atoms with Gasteiger partial charge in [-0.05, 0) is 54.9 Å². The van der Waals surface area contributed by atoms with Crippen molar-refractivity contribution in [3.63, 3.8) is 0 Å². The molecule has 2 aromatic rings. The molecule has 2 aromatic carbocycles. The van der Waals surface area contributed by atoms with Crippen LogP contribution >= 0.6 is 0 Å². The van der Waals surface area contributed by atoms with Crippen LogP contribution in [0.3, 0.4) is 0 Å². The Morgan fingerprint density at radius 2 is 1.74 bits per heavy atom. The summed E-state index contributed by atoms with van der Waals surface area (Å²) in [4.78, 5) is 12.2. The number of nitrogens with zero attached hydrogens (tertiary/aromatic N) is 1. The van der Waals surface area contributed by atoms with Crippen LogP contribution in [-0.4, -0.2) is 11.6 Å². The molecule has 0 bridgehead atoms. The molecule has 3 rings (SSSR count). The van der Waals surface area contributed by atoms with Gasteiger partial charge in [0.05, 0.1) is 0 Å². The van der Waals surface area contributed by atoms with Crippen molar-refractivity contribution in [1.29, 1.82) is 0 Å². The third kappa shape index (κ3) is 4.07. The number of carbonyl (C=O) groups is 1. The fraction of sp³-hybridized carbons (Fsp3) is 0.300. The van der Waals surface area contributed by atoms with Crippen LogP contribution in [0.5, 0.6) is 0 Å². The van der Waals surface area contributed by atoms with Gasteiger partial charge in [-0.2, -0.15) is 5.10 Å². The highest BCUT2D eigenvalue weighted by Crippen LogP contribution is 2.21. The number of amides is 1. The molecule has 0 saturated heterocycles. The Hall–Kier alpha value is -2.42. The molecule has 3 heteroatoms. The van der Waals surface area contributed by atoms with Gasteiger partial charge in [-0.1, -0.05) is 49.4 Å². The van der Waals surface area contributed by atoms with Gasteiger partial charge in [0.1, 0.15) is 0 Å². The van der Waals surface area contributed by atoms with Gasteiger partial charge in [-0.3, -0.25) is 4.79 Å². The summed E-state index contributed by atoms with van der Waals surface area (Å²) in [7, 11) is 0. The molecule has 0 heterocycles. The molecule has 23 heavy (non-hydrogen) atoms. The van der Waals surface area contributed by atoms with Crippen molar-refractivity contribution in [3.8, 4) is 11.1 Å². The highest BCUT2D eigenvalue weighted by atomic mass is 16.2. The molecule has 1 aliphatic rings. The molecule has 3 nitrogen and oxygen atoms in total. The Balaban J connectivity index is 1.65. The largest absolute Gasteiger partial charge is 0.271 e. The number of benzene rings is 2. The van der Waals surface area contributed by atoms with Crippen LogP contribution in [0.2, 0.25) is 0 Å². The highest BCUT2D eigenvalue weighted by molar-refractivity contribution is 5.96. The van der Waals surface area contributed by atoms with Crippen LogP contribution < -0.4 is 5.43 Å². The topological polar surface area (TPSA) is 41.5 Å². The summed E-state index contributed by atoms with van der Waals surface area (Å²) in [6, 6.07) is 17.8. The first kappa shape index (κ1) is 15.5. The standard InChI is InChI=1S/C20H22N2O/c1-15-6-5-9-19(14-15)21-22-20(23)18-12-10-17(11-13-18)16-7-3-2-4-8-16/h2-4,7-8,10-13,15H,5-6,9,14H2,1H3,(H,22,23)/b21-19-/t15-/m1/s1. The maximum atomic E-state index is 12.2. The van der Waals surface area contributed by atoms with Gasteiger partial charge in [-0.25, -0.2) is 5.43 Å². The number of hydrazone groups is 1. The van der Waals surface area contributed by atoms with Crippen LogP contribution in [0.15, 0.2) is 59.7 Å². The monoisotopic (exact) mass is 306 g/mol. The molecule has 0 aliphatic heterocycles. The summed E-state index contributed by atoms with van der Waals surface area (Å²) in [5.74, 6) is 0.528. The van der Waals surface area contributed by atoms with E-state index in [1.165, 1.54) is 12.8 Å². The number of hydrogen-bond donors (Lipinski definition) is 1. The van der Waals surface area contributed by atoms with E-state index < -0.39 is 0 Å². The minimum Gasteiger partial charge on any atom is -0.267 e. The van der Waals surface area contributed by atoms with Gasteiger partial charge in [0.25, 0.3) is 5.91 Å². The zero-order valence-corrected chi connectivity index (χ0v) is 13.5. The third-order valence-electron chi connectivity index (χ3n) is 4.32. The predicted molar refractivity (Wildman–Crippen MR) is 94.4 cm³/mol. The quantitative estimate of drug-likeness (QED) is 0.824. The normalized spacial score (nSPS) is 19.5. The Morgan fingerprint density at radius 3 is 2.43 bits per heavy atom. The summed E-state index contributed by atoms with van der Waals surface area (Å²) >= 11 is 0. The molecule has 0 radical (unpaired) electrons. The van der Waals surface area contributed by atoms with E-state index in [1.807, 2.05) is 42.5 Å². The Kier molecular flexibility index (Phi) is 4.86. The molecule has 1 saturated carbocycles. The smallest absolute Gasteiger partial charge is 0.267 e. The Bertz CT molecular complexity index is 689. The molecule has 1 atom stereocenters. The van der Waals surface area contributed by atoms with E-state index >= 15 is 0 Å². The van der Waals surface area contributed by atoms with E-state index in [0.717, 1.165) is 29.7 Å². The van der Waals surface area contributed by atoms with Crippen LogP contribution in [0, 0.1) is 5.92 Å². The zero-order valence-electron chi connectivity index (χ0n) is 13.5. The predicted octanol–water partition coefficient (Wildman–Crippen LogP) is 4.65. The summed E-state index contributed by atoms with van der Waals surface area (Å²) < 4.78 is 0. The first-order chi connectivity index (χ1) is 11.2. The van der Waals surface area contributed by atoms with Crippen molar-refractivity contribution >= 4 is 11.6 Å². The fourth-order valence-electron chi connectivity index (χ4n) is 3.00. The molecular formula is C20H22N2O. The average molecular weight is 306 g/mol. The van der Waals surface area contributed by atoms with E-state index in [-0.39, 0.29) is 5.91 Å². The zero-order chi connectivity index (χ0) is 16.1. The third-order valence-corrected chi connectivity index (χ3v) is 4.32. The maximum absolute atomic E-state index is 12.2. The lowest BCUT2D eigenvalue weighted by molar-refractivity contribution is 0.0954. The minimum atomic E-state index is -0.143. The average Bonchev–Trinajstić information content (AvgIpc) is 2.61. The van der Waals surface area contributed by atoms with Crippen molar-refractivity contribution in [2.45, 2.75) is 32.6 Å². The summed E-state index contributed by atoms with van der Waals surface area (Å²) in [6.07, 6.45) is 4.42. The second-order valence-electron chi connectivity index (χ2n) is 6.26. The number of hydrogen-bond acceptors (Lipinski definition) is 2. The van der Waals surface area contributed by atoms with Gasteiger partial charge in [0.15, 0.2) is 0 Å². The molecule has 1 N–H and O–H groups in total. The fourth-order valence-corrected chi connectivity index (χ4v) is 3.00. The molecule has 0 aromatic heterocycles. The number of nitrogens with one attached hydrogen (secondary N) is 1. The Labute approximate surface area is 137 Å². The van der Waals surface area contributed by atoms with Crippen molar-refractivity contribution in [2.75, 3.05) is 0 Å². The molecule has 0 unspecified atom stereocenters. The van der Waals surface area contributed by atoms with Crippen molar-refractivity contribution in [2.24, 2.45) is 11.0 Å². The van der Waals surface area contributed by atoms with Crippen molar-refractivity contribution < 1.29 is 4.79 Å². The van der Waals surface area contributed by atoms with E-state index in [2.05, 4.69) is 29.6 Å². The lowest BCUT2D eigenvalue weighted by Gasteiger charge is -2.18. The SMILES string of the molecule is C[C@@H]1CCC/C(=N/NC(=O)c2ccc(-c3ccccc3)cc2)C1. The molecular weight excluding hydrogens is 284 g/mol. The minimum absolute atomic E-state index is 0.143. The van der Waals surface area contributed by atoms with Gasteiger partial charge >= 0.3 is 0 Å². The maximum Gasteiger partial charge on any atom is 0.271 e. The molecule has 0 spiro atoms. The first-order valence-corrected chi connectivity index (χ1v) is 8.23. The van der Waals surface area contributed by atoms with Crippen molar-refractivity contribution in [3.05, 3.63) is 60.2 Å². The lowest BCUT2D eigenvalue weighted by Crippen LogP contribution is -2.22. The number of rotatable bonds is 3. The van der Waals surface area contributed by atoms with Crippen LogP contribution in [0.4, 0.5) is 0 Å². The first-order valence-electron chi connectivity index (χ1n) is 8.23. The summed E-state index contributed by atoms with van der Waals surface area (Å²) in [5, 5.41) is 4.31. The number of carbonyl (C=O) groups excluding carboxylic acids is 1. The van der Waals surface area contributed by atoms with E-state index in [0.29, 0.717) is 11.5 Å². The molecule has 1 amide bonds. The van der Waals surface area contributed by atoms with Gasteiger partial charge < -0.3 is 0 Å². The van der Waals surface area contributed by atoms with Gasteiger partial charge in [0.2, 0.25) is 0 Å². The van der Waals surface area contributed by atoms with Crippen LogP contribution in [0.1, 0.15) is 43.0 Å². The van der Waals surface area contributed by atoms with Crippen molar-refractivity contribution in [1.82, 2.24) is 5.43 Å². The van der Waals surface area contributed by atoms with Gasteiger partial charge in [-0.15, -0.1) is 0 Å². The van der Waals surface area contributed by atoms with Gasteiger partial charge in [0, 0.05) is 11.3 Å². The Morgan fingerprint density at radius 1 is 1.04 bits per heavy atom. The molecule has 1 aliphatic carbocycles. The van der Waals surface area contributed by atoms with Crippen LogP contribution in [-0.2, 0) is 0 Å². The molecule has 118 valence electrons. The van der Waals surface area contributed by atoms with E-state index in [9.17, 15) is 4.79 Å². The van der Waals surface area contributed by atoms with E-state index in [1.54, 1.807) is 0 Å². The summed E-state index contributed by atoms with van der Waals surface area (Å²) in [5.41, 5.74) is 6.70. The highest BCUT2D eigenvalue weighted by Gasteiger charge is 2.14. The summed E-state index contributed by atoms with van der Waals surface area (Å²) in [6.45, 7) is 2.23. The lowest BCUT2D eigenvalue weighted by atomic mass is 9.89. The second-order valence-corrected chi connectivity index (χ2v) is 6.26. The molecule has 1 fully saturated rings.